The maximum absolute atomic E-state index is 12.1. The van der Waals surface area contributed by atoms with E-state index in [1.165, 1.54) is 38.9 Å². The molecule has 2 aliphatic rings. The summed E-state index contributed by atoms with van der Waals surface area (Å²) in [6, 6.07) is 0. The lowest BCUT2D eigenvalue weighted by atomic mass is 9.99. The monoisotopic (exact) mass is 351 g/mol. The van der Waals surface area contributed by atoms with Gasteiger partial charge in [-0.3, -0.25) is 4.79 Å². The summed E-state index contributed by atoms with van der Waals surface area (Å²) in [6.07, 6.45) is 7.30. The Kier molecular flexibility index (Phi) is 9.08. The Labute approximate surface area is 153 Å². The van der Waals surface area contributed by atoms with Crippen molar-refractivity contribution in [2.75, 3.05) is 52.4 Å². The number of nitrogens with zero attached hydrogens (tertiary/aromatic N) is 3. The van der Waals surface area contributed by atoms with Crippen molar-refractivity contribution in [3.05, 3.63) is 0 Å². The van der Waals surface area contributed by atoms with E-state index in [2.05, 4.69) is 34.4 Å². The Morgan fingerprint density at radius 3 is 2.48 bits per heavy atom. The lowest BCUT2D eigenvalue weighted by molar-refractivity contribution is -0.128. The molecule has 144 valence electrons. The zero-order valence-electron chi connectivity index (χ0n) is 16.2. The van der Waals surface area contributed by atoms with E-state index in [4.69, 9.17) is 0 Å². The molecule has 2 N–H and O–H groups in total. The number of carbonyl (C=O) groups is 1. The van der Waals surface area contributed by atoms with Crippen LogP contribution in [-0.4, -0.2) is 74.0 Å². The standard InChI is InChI=1S/C19H37N5O/c1-3-20-19(22-16-18(25)24-12-6-7-13-24)21-10-4-5-11-23-14-8-17(2)9-15-23/h17H,3-16H2,1-2H3,(H2,20,21,22). The molecule has 1 amide bonds. The van der Waals surface area contributed by atoms with Crippen LogP contribution in [0.15, 0.2) is 4.99 Å². The lowest BCUT2D eigenvalue weighted by Gasteiger charge is -2.30. The van der Waals surface area contributed by atoms with E-state index in [1.807, 2.05) is 4.90 Å². The van der Waals surface area contributed by atoms with Crippen LogP contribution in [0.5, 0.6) is 0 Å². The van der Waals surface area contributed by atoms with E-state index in [0.717, 1.165) is 57.3 Å². The van der Waals surface area contributed by atoms with Gasteiger partial charge in [-0.1, -0.05) is 6.92 Å². The smallest absolute Gasteiger partial charge is 0.244 e. The SMILES string of the molecule is CCNC(=NCC(=O)N1CCCC1)NCCCCN1CCC(C)CC1. The molecule has 0 unspecified atom stereocenters. The fourth-order valence-corrected chi connectivity index (χ4v) is 3.51. The van der Waals surface area contributed by atoms with E-state index >= 15 is 0 Å². The molecule has 0 saturated carbocycles. The zero-order chi connectivity index (χ0) is 17.9. The van der Waals surface area contributed by atoms with Crippen LogP contribution in [-0.2, 0) is 4.79 Å². The molecule has 0 aliphatic carbocycles. The molecule has 0 atom stereocenters. The van der Waals surface area contributed by atoms with E-state index in [9.17, 15) is 4.79 Å². The minimum atomic E-state index is 0.147. The summed E-state index contributed by atoms with van der Waals surface area (Å²) in [4.78, 5) is 21.0. The number of aliphatic imine (C=N–C) groups is 1. The van der Waals surface area contributed by atoms with Crippen molar-refractivity contribution in [3.8, 4) is 0 Å². The van der Waals surface area contributed by atoms with Gasteiger partial charge in [0.2, 0.25) is 5.91 Å². The molecular weight excluding hydrogens is 314 g/mol. The quantitative estimate of drug-likeness (QED) is 0.397. The molecule has 2 saturated heterocycles. The number of rotatable bonds is 8. The van der Waals surface area contributed by atoms with E-state index in [-0.39, 0.29) is 12.5 Å². The third kappa shape index (κ3) is 7.63. The van der Waals surface area contributed by atoms with Gasteiger partial charge in [-0.25, -0.2) is 4.99 Å². The second-order valence-corrected chi connectivity index (χ2v) is 7.44. The van der Waals surface area contributed by atoms with Gasteiger partial charge in [0, 0.05) is 26.2 Å². The summed E-state index contributed by atoms with van der Waals surface area (Å²) in [5, 5.41) is 6.59. The summed E-state index contributed by atoms with van der Waals surface area (Å²) in [7, 11) is 0. The summed E-state index contributed by atoms with van der Waals surface area (Å²) in [5.41, 5.74) is 0. The van der Waals surface area contributed by atoms with Crippen molar-refractivity contribution in [2.45, 2.75) is 52.4 Å². The number of unbranched alkanes of at least 4 members (excludes halogenated alkanes) is 1. The highest BCUT2D eigenvalue weighted by molar-refractivity contribution is 5.85. The average molecular weight is 352 g/mol. The molecule has 0 spiro atoms. The Bertz CT molecular complexity index is 412. The predicted molar refractivity (Wildman–Crippen MR) is 104 cm³/mol. The van der Waals surface area contributed by atoms with Crippen LogP contribution in [0.4, 0.5) is 0 Å². The highest BCUT2D eigenvalue weighted by Gasteiger charge is 2.17. The largest absolute Gasteiger partial charge is 0.357 e. The van der Waals surface area contributed by atoms with Crippen LogP contribution < -0.4 is 10.6 Å². The lowest BCUT2D eigenvalue weighted by Crippen LogP contribution is -2.39. The number of hydrogen-bond acceptors (Lipinski definition) is 3. The number of likely N-dealkylation sites (tertiary alicyclic amines) is 2. The second kappa shape index (κ2) is 11.3. The van der Waals surface area contributed by atoms with Crippen LogP contribution in [0.1, 0.15) is 52.4 Å². The molecule has 0 radical (unpaired) electrons. The Morgan fingerprint density at radius 1 is 1.08 bits per heavy atom. The number of hydrogen-bond donors (Lipinski definition) is 2. The molecule has 0 aromatic rings. The predicted octanol–water partition coefficient (Wildman–Crippen LogP) is 1.68. The van der Waals surface area contributed by atoms with E-state index in [1.54, 1.807) is 0 Å². The molecule has 2 rings (SSSR count). The molecule has 25 heavy (non-hydrogen) atoms. The maximum atomic E-state index is 12.1. The Balaban J connectivity index is 1.59. The van der Waals surface area contributed by atoms with Gasteiger partial charge in [-0.15, -0.1) is 0 Å². The van der Waals surface area contributed by atoms with Crippen molar-refractivity contribution in [1.82, 2.24) is 20.4 Å². The molecule has 6 nitrogen and oxygen atoms in total. The number of nitrogens with one attached hydrogen (secondary N) is 2. The van der Waals surface area contributed by atoms with Gasteiger partial charge < -0.3 is 20.4 Å². The van der Waals surface area contributed by atoms with Gasteiger partial charge in [-0.05, 0) is 71.0 Å². The number of piperidine rings is 1. The first-order valence-electron chi connectivity index (χ1n) is 10.2. The summed E-state index contributed by atoms with van der Waals surface area (Å²) in [5.74, 6) is 1.82. The number of guanidine groups is 1. The van der Waals surface area contributed by atoms with Gasteiger partial charge >= 0.3 is 0 Å². The minimum Gasteiger partial charge on any atom is -0.357 e. The molecule has 6 heteroatoms. The molecular formula is C19H37N5O. The third-order valence-corrected chi connectivity index (χ3v) is 5.25. The van der Waals surface area contributed by atoms with Crippen molar-refractivity contribution >= 4 is 11.9 Å². The average Bonchev–Trinajstić information content (AvgIpc) is 3.15. The van der Waals surface area contributed by atoms with Crippen LogP contribution in [0, 0.1) is 5.92 Å². The van der Waals surface area contributed by atoms with Gasteiger partial charge in [0.15, 0.2) is 5.96 Å². The zero-order valence-corrected chi connectivity index (χ0v) is 16.2. The highest BCUT2D eigenvalue weighted by atomic mass is 16.2. The van der Waals surface area contributed by atoms with Crippen molar-refractivity contribution in [3.63, 3.8) is 0 Å². The Morgan fingerprint density at radius 2 is 1.80 bits per heavy atom. The maximum Gasteiger partial charge on any atom is 0.244 e. The molecule has 2 aliphatic heterocycles. The van der Waals surface area contributed by atoms with Crippen LogP contribution in [0.25, 0.3) is 0 Å². The summed E-state index contributed by atoms with van der Waals surface area (Å²) in [6.45, 7) is 11.9. The second-order valence-electron chi connectivity index (χ2n) is 7.44. The highest BCUT2D eigenvalue weighted by Crippen LogP contribution is 2.16. The van der Waals surface area contributed by atoms with E-state index in [0.29, 0.717) is 0 Å². The first-order valence-corrected chi connectivity index (χ1v) is 10.2. The van der Waals surface area contributed by atoms with Gasteiger partial charge in [0.25, 0.3) is 0 Å². The molecule has 0 aromatic carbocycles. The molecule has 2 fully saturated rings. The van der Waals surface area contributed by atoms with Gasteiger partial charge in [-0.2, -0.15) is 0 Å². The van der Waals surface area contributed by atoms with Crippen LogP contribution >= 0.6 is 0 Å². The minimum absolute atomic E-state index is 0.147. The number of carbonyl (C=O) groups excluding carboxylic acids is 1. The van der Waals surface area contributed by atoms with Crippen molar-refractivity contribution in [1.29, 1.82) is 0 Å². The summed E-state index contributed by atoms with van der Waals surface area (Å²) >= 11 is 0. The number of amides is 1. The van der Waals surface area contributed by atoms with Gasteiger partial charge in [0.1, 0.15) is 6.54 Å². The fourth-order valence-electron chi connectivity index (χ4n) is 3.51. The first kappa shape index (κ1) is 20.0. The van der Waals surface area contributed by atoms with Crippen LogP contribution in [0.3, 0.4) is 0 Å². The van der Waals surface area contributed by atoms with Crippen molar-refractivity contribution in [2.24, 2.45) is 10.9 Å². The molecule has 0 bridgehead atoms. The fraction of sp³-hybridized carbons (Fsp3) is 0.895. The third-order valence-electron chi connectivity index (χ3n) is 5.25. The van der Waals surface area contributed by atoms with Crippen LogP contribution in [0.2, 0.25) is 0 Å². The van der Waals surface area contributed by atoms with E-state index < -0.39 is 0 Å². The normalized spacial score (nSPS) is 20.1. The Hall–Kier alpha value is -1.30. The summed E-state index contributed by atoms with van der Waals surface area (Å²) < 4.78 is 0. The topological polar surface area (TPSA) is 60.0 Å². The molecule has 2 heterocycles. The van der Waals surface area contributed by atoms with Crippen molar-refractivity contribution < 1.29 is 4.79 Å². The first-order chi connectivity index (χ1) is 12.2. The van der Waals surface area contributed by atoms with Gasteiger partial charge in [0.05, 0.1) is 0 Å². The molecule has 0 aromatic heterocycles.